The van der Waals surface area contributed by atoms with Gasteiger partial charge in [0.15, 0.2) is 6.61 Å². The maximum Gasteiger partial charge on any atom is 0.328 e. The molecule has 0 bridgehead atoms. The van der Waals surface area contributed by atoms with Crippen LogP contribution in [0.2, 0.25) is 0 Å². The molecule has 2 amide bonds. The van der Waals surface area contributed by atoms with Crippen LogP contribution in [-0.2, 0) is 19.1 Å². The average molecular weight is 493 g/mol. The number of benzene rings is 1. The summed E-state index contributed by atoms with van der Waals surface area (Å²) >= 11 is 0. The second-order valence-electron chi connectivity index (χ2n) is 8.85. The van der Waals surface area contributed by atoms with E-state index >= 15 is 0 Å². The summed E-state index contributed by atoms with van der Waals surface area (Å²) in [5, 5.41) is 14.9. The van der Waals surface area contributed by atoms with Crippen molar-refractivity contribution in [1.82, 2.24) is 9.88 Å². The van der Waals surface area contributed by atoms with Crippen molar-refractivity contribution >= 4 is 29.7 Å². The predicted octanol–water partition coefficient (Wildman–Crippen LogP) is 3.80. The molecule has 0 aliphatic heterocycles. The molecule has 3 rings (SSSR count). The van der Waals surface area contributed by atoms with Crippen molar-refractivity contribution in [3.8, 4) is 11.8 Å². The highest BCUT2D eigenvalue weighted by Crippen LogP contribution is 2.37. The number of nitrogens with one attached hydrogen (secondary N) is 2. The standard InChI is InChI=1S/C27H32N4O5/c1-17-19(3)31(21-7-5-6-8-21)26(23(17)15-28)30-25(33)16-36-27(34)18(2)29-24(32)14-11-20-9-12-22(35-4)13-10-20/h9-14,18,21H,5-8,16H2,1-4H3,(H,29,32)(H,30,33)/b14-11+/t18-/m0/s1. The Morgan fingerprint density at radius 1 is 1.19 bits per heavy atom. The van der Waals surface area contributed by atoms with E-state index in [9.17, 15) is 19.6 Å². The number of nitriles is 1. The highest BCUT2D eigenvalue weighted by molar-refractivity contribution is 5.96. The fourth-order valence-corrected chi connectivity index (χ4v) is 4.34. The summed E-state index contributed by atoms with van der Waals surface area (Å²) in [6.07, 6.45) is 7.10. The van der Waals surface area contributed by atoms with E-state index in [1.807, 2.05) is 18.4 Å². The number of esters is 1. The van der Waals surface area contributed by atoms with Gasteiger partial charge in [-0.15, -0.1) is 0 Å². The van der Waals surface area contributed by atoms with Gasteiger partial charge in [0.2, 0.25) is 5.91 Å². The number of amides is 2. The Morgan fingerprint density at radius 3 is 2.47 bits per heavy atom. The van der Waals surface area contributed by atoms with Gasteiger partial charge in [-0.25, -0.2) is 4.79 Å². The van der Waals surface area contributed by atoms with Crippen LogP contribution in [0.3, 0.4) is 0 Å². The first-order chi connectivity index (χ1) is 17.2. The lowest BCUT2D eigenvalue weighted by atomic mass is 10.2. The molecule has 36 heavy (non-hydrogen) atoms. The molecule has 1 fully saturated rings. The number of carbonyl (C=O) groups excluding carboxylic acids is 3. The van der Waals surface area contributed by atoms with Crippen LogP contribution in [0.1, 0.15) is 61.0 Å². The van der Waals surface area contributed by atoms with Crippen molar-refractivity contribution in [3.63, 3.8) is 0 Å². The van der Waals surface area contributed by atoms with Crippen molar-refractivity contribution in [2.24, 2.45) is 0 Å². The molecule has 9 nitrogen and oxygen atoms in total. The molecule has 2 aromatic rings. The number of carbonyl (C=O) groups is 3. The monoisotopic (exact) mass is 492 g/mol. The van der Waals surface area contributed by atoms with E-state index in [0.29, 0.717) is 17.1 Å². The van der Waals surface area contributed by atoms with Crippen LogP contribution in [0.4, 0.5) is 5.82 Å². The van der Waals surface area contributed by atoms with Gasteiger partial charge in [0, 0.05) is 17.8 Å². The number of ether oxygens (including phenoxy) is 2. The van der Waals surface area contributed by atoms with Gasteiger partial charge >= 0.3 is 5.97 Å². The Kier molecular flexibility index (Phi) is 8.90. The first-order valence-electron chi connectivity index (χ1n) is 12.0. The summed E-state index contributed by atoms with van der Waals surface area (Å²) in [6, 6.07) is 8.60. The largest absolute Gasteiger partial charge is 0.497 e. The van der Waals surface area contributed by atoms with Crippen molar-refractivity contribution in [2.45, 2.75) is 58.5 Å². The first kappa shape index (κ1) is 26.5. The third kappa shape index (κ3) is 6.33. The molecule has 0 radical (unpaired) electrons. The second-order valence-corrected chi connectivity index (χ2v) is 8.85. The van der Waals surface area contributed by atoms with E-state index in [1.54, 1.807) is 37.5 Å². The van der Waals surface area contributed by atoms with Gasteiger partial charge in [-0.05, 0) is 62.9 Å². The molecular weight excluding hydrogens is 460 g/mol. The Bertz CT molecular complexity index is 1180. The van der Waals surface area contributed by atoms with E-state index < -0.39 is 30.4 Å². The molecule has 0 saturated heterocycles. The van der Waals surface area contributed by atoms with Gasteiger partial charge in [0.25, 0.3) is 5.91 Å². The summed E-state index contributed by atoms with van der Waals surface area (Å²) in [5.74, 6) is -0.605. The number of rotatable bonds is 9. The average Bonchev–Trinajstić information content (AvgIpc) is 3.48. The van der Waals surface area contributed by atoms with E-state index in [2.05, 4.69) is 16.7 Å². The zero-order chi connectivity index (χ0) is 26.2. The fourth-order valence-electron chi connectivity index (χ4n) is 4.34. The van der Waals surface area contributed by atoms with E-state index in [-0.39, 0.29) is 6.04 Å². The molecule has 190 valence electrons. The minimum absolute atomic E-state index is 0.227. The number of aromatic nitrogens is 1. The number of hydrogen-bond acceptors (Lipinski definition) is 6. The van der Waals surface area contributed by atoms with Crippen molar-refractivity contribution in [3.05, 3.63) is 52.7 Å². The Labute approximate surface area is 211 Å². The van der Waals surface area contributed by atoms with Gasteiger partial charge in [-0.3, -0.25) is 9.59 Å². The summed E-state index contributed by atoms with van der Waals surface area (Å²) in [4.78, 5) is 37.1. The van der Waals surface area contributed by atoms with Crippen molar-refractivity contribution in [1.29, 1.82) is 5.26 Å². The molecule has 1 saturated carbocycles. The molecule has 1 atom stereocenters. The highest BCUT2D eigenvalue weighted by atomic mass is 16.5. The Balaban J connectivity index is 1.54. The second kappa shape index (κ2) is 12.1. The first-order valence-corrected chi connectivity index (χ1v) is 12.0. The molecule has 0 spiro atoms. The molecule has 1 aliphatic carbocycles. The topological polar surface area (TPSA) is 122 Å². The molecule has 0 unspecified atom stereocenters. The molecule has 9 heteroatoms. The molecule has 1 aliphatic rings. The third-order valence-corrected chi connectivity index (χ3v) is 6.42. The van der Waals surface area contributed by atoms with Crippen LogP contribution in [-0.4, -0.2) is 42.1 Å². The Morgan fingerprint density at radius 2 is 1.86 bits per heavy atom. The van der Waals surface area contributed by atoms with Crippen LogP contribution >= 0.6 is 0 Å². The zero-order valence-electron chi connectivity index (χ0n) is 21.1. The normalized spacial score (nSPS) is 14.3. The van der Waals surface area contributed by atoms with E-state index in [1.165, 1.54) is 13.0 Å². The fraction of sp³-hybridized carbons (Fsp3) is 0.407. The predicted molar refractivity (Wildman–Crippen MR) is 135 cm³/mol. The van der Waals surface area contributed by atoms with Gasteiger partial charge in [0.1, 0.15) is 23.7 Å². The number of hydrogen-bond donors (Lipinski definition) is 2. The lowest BCUT2D eigenvalue weighted by molar-refractivity contribution is -0.149. The van der Waals surface area contributed by atoms with Crippen LogP contribution in [0.15, 0.2) is 30.3 Å². The van der Waals surface area contributed by atoms with Crippen LogP contribution in [0.25, 0.3) is 6.08 Å². The van der Waals surface area contributed by atoms with Crippen LogP contribution < -0.4 is 15.4 Å². The van der Waals surface area contributed by atoms with Crippen LogP contribution in [0, 0.1) is 25.2 Å². The highest BCUT2D eigenvalue weighted by Gasteiger charge is 2.27. The van der Waals surface area contributed by atoms with Crippen LogP contribution in [0.5, 0.6) is 5.75 Å². The Hall–Kier alpha value is -4.06. The third-order valence-electron chi connectivity index (χ3n) is 6.42. The quantitative estimate of drug-likeness (QED) is 0.406. The number of methoxy groups -OCH3 is 1. The summed E-state index contributed by atoms with van der Waals surface area (Å²) in [6.45, 7) is 4.75. The van der Waals surface area contributed by atoms with Gasteiger partial charge in [-0.1, -0.05) is 25.0 Å². The minimum atomic E-state index is -0.952. The van der Waals surface area contributed by atoms with Gasteiger partial charge in [0.05, 0.1) is 12.7 Å². The van der Waals surface area contributed by atoms with Gasteiger partial charge in [-0.2, -0.15) is 5.26 Å². The molecule has 1 heterocycles. The van der Waals surface area contributed by atoms with Crippen molar-refractivity contribution in [2.75, 3.05) is 19.0 Å². The molecule has 1 aromatic carbocycles. The number of nitrogens with zero attached hydrogens (tertiary/aromatic N) is 2. The van der Waals surface area contributed by atoms with Gasteiger partial charge < -0.3 is 24.7 Å². The summed E-state index contributed by atoms with van der Waals surface area (Å²) in [7, 11) is 1.57. The SMILES string of the molecule is COc1ccc(/C=C/C(=O)N[C@@H](C)C(=O)OCC(=O)Nc2c(C#N)c(C)c(C)n2C2CCCC2)cc1. The molecule has 2 N–H and O–H groups in total. The summed E-state index contributed by atoms with van der Waals surface area (Å²) in [5.41, 5.74) is 2.99. The lowest BCUT2D eigenvalue weighted by Gasteiger charge is -2.19. The van der Waals surface area contributed by atoms with Crippen molar-refractivity contribution < 1.29 is 23.9 Å². The van der Waals surface area contributed by atoms with E-state index in [0.717, 1.165) is 42.5 Å². The maximum absolute atomic E-state index is 12.6. The smallest absolute Gasteiger partial charge is 0.328 e. The minimum Gasteiger partial charge on any atom is -0.497 e. The lowest BCUT2D eigenvalue weighted by Crippen LogP contribution is -2.39. The zero-order valence-corrected chi connectivity index (χ0v) is 21.1. The maximum atomic E-state index is 12.6. The summed E-state index contributed by atoms with van der Waals surface area (Å²) < 4.78 is 12.2. The number of anilines is 1. The van der Waals surface area contributed by atoms with E-state index in [4.69, 9.17) is 9.47 Å². The molecular formula is C27H32N4O5. The molecule has 1 aromatic heterocycles.